The number of rotatable bonds is 3. The molecule has 0 spiro atoms. The van der Waals surface area contributed by atoms with E-state index in [0.29, 0.717) is 28.3 Å². The molecule has 2 heterocycles. The van der Waals surface area contributed by atoms with Crippen molar-refractivity contribution in [2.75, 3.05) is 5.32 Å². The van der Waals surface area contributed by atoms with Gasteiger partial charge in [0.05, 0.1) is 17.3 Å². The van der Waals surface area contributed by atoms with Gasteiger partial charge in [0.2, 0.25) is 5.91 Å². The number of anilines is 1. The number of ketones is 1. The summed E-state index contributed by atoms with van der Waals surface area (Å²) in [5.74, 6) is -0.942. The van der Waals surface area contributed by atoms with Crippen LogP contribution in [0, 0.1) is 26.6 Å². The number of fused-ring (bicyclic) bond motifs is 1. The number of hydrogen-bond acceptors (Lipinski definition) is 3. The molecule has 0 fully saturated rings. The van der Waals surface area contributed by atoms with Crippen molar-refractivity contribution in [1.82, 2.24) is 9.78 Å². The fraction of sp³-hybridized carbons (Fsp3) is 0.227. The van der Waals surface area contributed by atoms with Crippen LogP contribution in [0.5, 0.6) is 0 Å². The van der Waals surface area contributed by atoms with Gasteiger partial charge in [0.1, 0.15) is 11.6 Å². The number of benzene rings is 2. The van der Waals surface area contributed by atoms with Crippen molar-refractivity contribution in [2.45, 2.75) is 33.1 Å². The zero-order chi connectivity index (χ0) is 20.0. The first-order valence-electron chi connectivity index (χ1n) is 9.12. The first-order chi connectivity index (χ1) is 13.3. The van der Waals surface area contributed by atoms with Crippen molar-refractivity contribution in [2.24, 2.45) is 0 Å². The van der Waals surface area contributed by atoms with Crippen molar-refractivity contribution in [3.05, 3.63) is 76.2 Å². The van der Waals surface area contributed by atoms with Crippen molar-refractivity contribution in [3.63, 3.8) is 0 Å². The highest BCUT2D eigenvalue weighted by molar-refractivity contribution is 6.08. The molecule has 1 N–H and O–H groups in total. The Kier molecular flexibility index (Phi) is 4.34. The summed E-state index contributed by atoms with van der Waals surface area (Å²) in [7, 11) is 0. The van der Waals surface area contributed by atoms with Crippen LogP contribution in [0.15, 0.2) is 42.5 Å². The molecule has 0 aliphatic carbocycles. The Labute approximate surface area is 162 Å². The van der Waals surface area contributed by atoms with E-state index in [0.717, 1.165) is 11.1 Å². The van der Waals surface area contributed by atoms with Gasteiger partial charge in [0.15, 0.2) is 5.78 Å². The molecule has 1 aliphatic heterocycles. The standard InChI is InChI=1S/C22H20FN3O2/c1-12-7-8-17(13(2)9-12)21(28)18-11-19(27)24-22-20(18)14(3)25-26(22)16-6-4-5-15(23)10-16/h4-10,18H,11H2,1-3H3,(H,24,27). The second-order valence-electron chi connectivity index (χ2n) is 7.23. The van der Waals surface area contributed by atoms with Crippen LogP contribution in [0.2, 0.25) is 0 Å². The van der Waals surface area contributed by atoms with E-state index in [2.05, 4.69) is 10.4 Å². The number of halogens is 1. The Morgan fingerprint density at radius 2 is 1.96 bits per heavy atom. The SMILES string of the molecule is Cc1ccc(C(=O)C2CC(=O)Nc3c2c(C)nn3-c2cccc(F)c2)c(C)c1. The van der Waals surface area contributed by atoms with Gasteiger partial charge in [0, 0.05) is 17.5 Å². The molecule has 0 saturated carbocycles. The predicted molar refractivity (Wildman–Crippen MR) is 104 cm³/mol. The Morgan fingerprint density at radius 1 is 1.18 bits per heavy atom. The molecule has 1 aliphatic rings. The Bertz CT molecular complexity index is 1120. The Balaban J connectivity index is 1.83. The average Bonchev–Trinajstić information content (AvgIpc) is 2.97. The molecular weight excluding hydrogens is 357 g/mol. The van der Waals surface area contributed by atoms with Gasteiger partial charge in [-0.3, -0.25) is 9.59 Å². The molecule has 1 unspecified atom stereocenters. The number of Topliss-reactive ketones (excluding diaryl/α,β-unsaturated/α-hetero) is 1. The maximum atomic E-state index is 13.7. The highest BCUT2D eigenvalue weighted by Crippen LogP contribution is 2.38. The summed E-state index contributed by atoms with van der Waals surface area (Å²) in [5, 5.41) is 7.30. The summed E-state index contributed by atoms with van der Waals surface area (Å²) in [6.07, 6.45) is 0.0643. The van der Waals surface area contributed by atoms with E-state index in [1.807, 2.05) is 32.0 Å². The third-order valence-corrected chi connectivity index (χ3v) is 5.12. The summed E-state index contributed by atoms with van der Waals surface area (Å²) in [6, 6.07) is 11.6. The summed E-state index contributed by atoms with van der Waals surface area (Å²) in [4.78, 5) is 25.7. The minimum Gasteiger partial charge on any atom is -0.310 e. The minimum atomic E-state index is -0.618. The molecule has 28 heavy (non-hydrogen) atoms. The molecule has 0 radical (unpaired) electrons. The maximum Gasteiger partial charge on any atom is 0.226 e. The van der Waals surface area contributed by atoms with E-state index < -0.39 is 11.7 Å². The summed E-state index contributed by atoms with van der Waals surface area (Å²) in [6.45, 7) is 5.67. The number of amides is 1. The molecule has 142 valence electrons. The number of aromatic nitrogens is 2. The normalized spacial score (nSPS) is 15.9. The van der Waals surface area contributed by atoms with Crippen molar-refractivity contribution < 1.29 is 14.0 Å². The number of nitrogens with zero attached hydrogens (tertiary/aromatic N) is 2. The monoisotopic (exact) mass is 377 g/mol. The second-order valence-corrected chi connectivity index (χ2v) is 7.23. The smallest absolute Gasteiger partial charge is 0.226 e. The second kappa shape index (κ2) is 6.71. The van der Waals surface area contributed by atoms with Gasteiger partial charge >= 0.3 is 0 Å². The van der Waals surface area contributed by atoms with Gasteiger partial charge in [-0.15, -0.1) is 0 Å². The Morgan fingerprint density at radius 3 is 2.68 bits per heavy atom. The van der Waals surface area contributed by atoms with E-state index in [9.17, 15) is 14.0 Å². The molecule has 2 aromatic carbocycles. The van der Waals surface area contributed by atoms with Crippen LogP contribution in [0.25, 0.3) is 5.69 Å². The van der Waals surface area contributed by atoms with Gasteiger partial charge < -0.3 is 5.32 Å². The molecule has 5 nitrogen and oxygen atoms in total. The van der Waals surface area contributed by atoms with E-state index >= 15 is 0 Å². The van der Waals surface area contributed by atoms with Crippen LogP contribution >= 0.6 is 0 Å². The summed E-state index contributed by atoms with van der Waals surface area (Å²) < 4.78 is 15.2. The number of carbonyl (C=O) groups excluding carboxylic acids is 2. The van der Waals surface area contributed by atoms with E-state index in [1.54, 1.807) is 19.1 Å². The molecule has 4 rings (SSSR count). The summed E-state index contributed by atoms with van der Waals surface area (Å²) in [5.41, 5.74) is 4.38. The zero-order valence-electron chi connectivity index (χ0n) is 15.9. The predicted octanol–water partition coefficient (Wildman–Crippen LogP) is 4.25. The molecule has 1 amide bonds. The summed E-state index contributed by atoms with van der Waals surface area (Å²) >= 11 is 0. The quantitative estimate of drug-likeness (QED) is 0.694. The number of hydrogen-bond donors (Lipinski definition) is 1. The average molecular weight is 377 g/mol. The highest BCUT2D eigenvalue weighted by atomic mass is 19.1. The molecule has 6 heteroatoms. The molecule has 3 aromatic rings. The van der Waals surface area contributed by atoms with Crippen molar-refractivity contribution in [1.29, 1.82) is 0 Å². The van der Waals surface area contributed by atoms with Crippen LogP contribution in [-0.2, 0) is 4.79 Å². The highest BCUT2D eigenvalue weighted by Gasteiger charge is 2.36. The van der Waals surface area contributed by atoms with Gasteiger partial charge in [-0.25, -0.2) is 9.07 Å². The van der Waals surface area contributed by atoms with Gasteiger partial charge in [-0.1, -0.05) is 29.8 Å². The lowest BCUT2D eigenvalue weighted by molar-refractivity contribution is -0.116. The van der Waals surface area contributed by atoms with Crippen LogP contribution in [0.1, 0.15) is 45.1 Å². The molecule has 1 atom stereocenters. The fourth-order valence-corrected chi connectivity index (χ4v) is 3.84. The minimum absolute atomic E-state index is 0.0643. The van der Waals surface area contributed by atoms with Crippen LogP contribution in [0.4, 0.5) is 10.2 Å². The van der Waals surface area contributed by atoms with E-state index in [1.165, 1.54) is 16.8 Å². The van der Waals surface area contributed by atoms with E-state index in [4.69, 9.17) is 0 Å². The fourth-order valence-electron chi connectivity index (χ4n) is 3.84. The lowest BCUT2D eigenvalue weighted by atomic mass is 9.84. The van der Waals surface area contributed by atoms with Gasteiger partial charge in [-0.2, -0.15) is 5.10 Å². The largest absolute Gasteiger partial charge is 0.310 e. The number of aryl methyl sites for hydroxylation is 3. The zero-order valence-corrected chi connectivity index (χ0v) is 15.9. The van der Waals surface area contributed by atoms with Gasteiger partial charge in [0.25, 0.3) is 0 Å². The molecule has 1 aromatic heterocycles. The van der Waals surface area contributed by atoms with Crippen molar-refractivity contribution >= 4 is 17.5 Å². The maximum absolute atomic E-state index is 13.7. The third kappa shape index (κ3) is 3.01. The molecule has 0 saturated heterocycles. The van der Waals surface area contributed by atoms with Crippen molar-refractivity contribution in [3.8, 4) is 5.69 Å². The van der Waals surface area contributed by atoms with E-state index in [-0.39, 0.29) is 18.1 Å². The third-order valence-electron chi connectivity index (χ3n) is 5.12. The van der Waals surface area contributed by atoms with Gasteiger partial charge in [-0.05, 0) is 44.5 Å². The van der Waals surface area contributed by atoms with Crippen LogP contribution in [0.3, 0.4) is 0 Å². The number of nitrogens with one attached hydrogen (secondary N) is 1. The topological polar surface area (TPSA) is 64.0 Å². The lowest BCUT2D eigenvalue weighted by Gasteiger charge is -2.23. The Hall–Kier alpha value is -3.28. The van der Waals surface area contributed by atoms with Crippen LogP contribution in [-0.4, -0.2) is 21.5 Å². The van der Waals surface area contributed by atoms with Crippen LogP contribution < -0.4 is 5.32 Å². The molecule has 0 bridgehead atoms. The first kappa shape index (κ1) is 18.1. The first-order valence-corrected chi connectivity index (χ1v) is 9.12. The number of carbonyl (C=O) groups is 2. The molecular formula is C22H20FN3O2. The lowest BCUT2D eigenvalue weighted by Crippen LogP contribution is -2.28.